The van der Waals surface area contributed by atoms with Gasteiger partial charge in [-0.2, -0.15) is 4.31 Å². The Hall–Kier alpha value is -1.66. The van der Waals surface area contributed by atoms with Gasteiger partial charge in [-0.25, -0.2) is 8.42 Å². The van der Waals surface area contributed by atoms with Crippen LogP contribution in [0.4, 0.5) is 0 Å². The Bertz CT molecular complexity index is 775. The van der Waals surface area contributed by atoms with E-state index < -0.39 is 10.0 Å². The summed E-state index contributed by atoms with van der Waals surface area (Å²) >= 11 is 0. The first-order valence-electron chi connectivity index (χ1n) is 10.6. The van der Waals surface area contributed by atoms with Crippen LogP contribution >= 0.6 is 0 Å². The monoisotopic (exact) mass is 404 g/mol. The van der Waals surface area contributed by atoms with E-state index >= 15 is 0 Å². The van der Waals surface area contributed by atoms with Gasteiger partial charge < -0.3 is 4.90 Å². The molecule has 6 heteroatoms. The van der Waals surface area contributed by atoms with Gasteiger partial charge in [0.05, 0.1) is 4.90 Å². The summed E-state index contributed by atoms with van der Waals surface area (Å²) in [6.45, 7) is 4.93. The van der Waals surface area contributed by atoms with Gasteiger partial charge in [0.2, 0.25) is 15.9 Å². The molecular weight excluding hydrogens is 372 g/mol. The van der Waals surface area contributed by atoms with Crippen molar-refractivity contribution in [1.82, 2.24) is 9.21 Å². The summed E-state index contributed by atoms with van der Waals surface area (Å²) in [6.07, 6.45) is 10.8. The Morgan fingerprint density at radius 1 is 1.11 bits per heavy atom. The van der Waals surface area contributed by atoms with Crippen LogP contribution in [-0.2, 0) is 14.8 Å². The lowest BCUT2D eigenvalue weighted by Gasteiger charge is -2.20. The van der Waals surface area contributed by atoms with Gasteiger partial charge in [-0.05, 0) is 61.8 Å². The number of hydrogen-bond acceptors (Lipinski definition) is 3. The Morgan fingerprint density at radius 2 is 1.75 bits per heavy atom. The van der Waals surface area contributed by atoms with Crippen molar-refractivity contribution in [2.45, 2.75) is 56.8 Å². The molecule has 2 aliphatic rings. The largest absolute Gasteiger partial charge is 0.339 e. The maximum absolute atomic E-state index is 12.8. The van der Waals surface area contributed by atoms with E-state index in [1.807, 2.05) is 4.90 Å². The smallest absolute Gasteiger partial charge is 0.246 e. The minimum Gasteiger partial charge on any atom is -0.339 e. The summed E-state index contributed by atoms with van der Waals surface area (Å²) in [6, 6.07) is 6.86. The molecule has 0 radical (unpaired) electrons. The first-order valence-corrected chi connectivity index (χ1v) is 12.0. The van der Waals surface area contributed by atoms with Crippen LogP contribution in [0.3, 0.4) is 0 Å². The van der Waals surface area contributed by atoms with Crippen LogP contribution in [-0.4, -0.2) is 49.7 Å². The van der Waals surface area contributed by atoms with Gasteiger partial charge >= 0.3 is 0 Å². The van der Waals surface area contributed by atoms with Gasteiger partial charge in [0.25, 0.3) is 0 Å². The van der Waals surface area contributed by atoms with Crippen LogP contribution in [0.5, 0.6) is 0 Å². The molecule has 1 aromatic carbocycles. The van der Waals surface area contributed by atoms with Crippen molar-refractivity contribution in [1.29, 1.82) is 0 Å². The zero-order chi connectivity index (χ0) is 20.0. The molecule has 0 unspecified atom stereocenters. The van der Waals surface area contributed by atoms with E-state index in [4.69, 9.17) is 0 Å². The van der Waals surface area contributed by atoms with E-state index in [1.165, 1.54) is 12.8 Å². The SMILES string of the molecule is CCCN(CC1CC1)C(=O)C=Cc1ccc(S(=O)(=O)N2CCCCCC2)cc1. The molecule has 0 aromatic heterocycles. The summed E-state index contributed by atoms with van der Waals surface area (Å²) in [7, 11) is -3.43. The Kier molecular flexibility index (Phi) is 7.30. The third-order valence-electron chi connectivity index (χ3n) is 5.48. The molecule has 1 saturated heterocycles. The van der Waals surface area contributed by atoms with E-state index in [9.17, 15) is 13.2 Å². The molecule has 1 aliphatic carbocycles. The van der Waals surface area contributed by atoms with Gasteiger partial charge in [0.15, 0.2) is 0 Å². The predicted molar refractivity (Wildman–Crippen MR) is 112 cm³/mol. The summed E-state index contributed by atoms with van der Waals surface area (Å²) in [5, 5.41) is 0. The first-order chi connectivity index (χ1) is 13.5. The highest BCUT2D eigenvalue weighted by Gasteiger charge is 2.26. The Balaban J connectivity index is 1.64. The maximum atomic E-state index is 12.8. The second kappa shape index (κ2) is 9.70. The number of sulfonamides is 1. The molecule has 154 valence electrons. The molecule has 0 bridgehead atoms. The van der Waals surface area contributed by atoms with Crippen LogP contribution < -0.4 is 0 Å². The third kappa shape index (κ3) is 5.67. The molecule has 1 heterocycles. The molecule has 0 N–H and O–H groups in total. The van der Waals surface area contributed by atoms with Crippen LogP contribution in [0.25, 0.3) is 6.08 Å². The second-order valence-electron chi connectivity index (χ2n) is 7.95. The predicted octanol–water partition coefficient (Wildman–Crippen LogP) is 3.91. The average Bonchev–Trinajstić information content (AvgIpc) is 3.53. The number of benzene rings is 1. The molecule has 3 rings (SSSR count). The Labute approximate surface area is 169 Å². The quantitative estimate of drug-likeness (QED) is 0.617. The van der Waals surface area contributed by atoms with Gasteiger partial charge in [-0.1, -0.05) is 31.9 Å². The average molecular weight is 405 g/mol. The maximum Gasteiger partial charge on any atom is 0.246 e. The fourth-order valence-corrected chi connectivity index (χ4v) is 5.15. The highest BCUT2D eigenvalue weighted by Crippen LogP contribution is 2.30. The summed E-state index contributed by atoms with van der Waals surface area (Å²) in [5.74, 6) is 0.711. The van der Waals surface area contributed by atoms with Crippen molar-refractivity contribution < 1.29 is 13.2 Å². The van der Waals surface area contributed by atoms with Crippen molar-refractivity contribution in [2.24, 2.45) is 5.92 Å². The van der Waals surface area contributed by atoms with Gasteiger partial charge in [-0.15, -0.1) is 0 Å². The standard InChI is InChI=1S/C22H32N2O3S/c1-2-15-23(18-20-7-8-20)22(25)14-11-19-9-12-21(13-10-19)28(26,27)24-16-5-3-4-6-17-24/h9-14,20H,2-8,15-18H2,1H3. The number of amides is 1. The molecule has 28 heavy (non-hydrogen) atoms. The van der Waals surface area contributed by atoms with E-state index in [1.54, 1.807) is 40.7 Å². The van der Waals surface area contributed by atoms with Gasteiger partial charge in [-0.3, -0.25) is 4.79 Å². The van der Waals surface area contributed by atoms with Crippen LogP contribution in [0.1, 0.15) is 57.4 Å². The first kappa shape index (κ1) is 21.1. The van der Waals surface area contributed by atoms with Gasteiger partial charge in [0, 0.05) is 32.3 Å². The highest BCUT2D eigenvalue weighted by molar-refractivity contribution is 7.89. The lowest BCUT2D eigenvalue weighted by molar-refractivity contribution is -0.126. The lowest BCUT2D eigenvalue weighted by Crippen LogP contribution is -2.32. The molecule has 0 atom stereocenters. The zero-order valence-electron chi connectivity index (χ0n) is 16.8. The van der Waals surface area contributed by atoms with Crippen molar-refractivity contribution in [3.05, 3.63) is 35.9 Å². The summed E-state index contributed by atoms with van der Waals surface area (Å²) in [5.41, 5.74) is 0.839. The topological polar surface area (TPSA) is 57.7 Å². The molecule has 5 nitrogen and oxygen atoms in total. The summed E-state index contributed by atoms with van der Waals surface area (Å²) < 4.78 is 27.3. The summed E-state index contributed by atoms with van der Waals surface area (Å²) in [4.78, 5) is 14.7. The number of carbonyl (C=O) groups is 1. The van der Waals surface area contributed by atoms with Gasteiger partial charge in [0.1, 0.15) is 0 Å². The second-order valence-corrected chi connectivity index (χ2v) is 9.89. The highest BCUT2D eigenvalue weighted by atomic mass is 32.2. The molecule has 1 saturated carbocycles. The van der Waals surface area contributed by atoms with Crippen LogP contribution in [0, 0.1) is 5.92 Å². The minimum absolute atomic E-state index is 0.0371. The van der Waals surface area contributed by atoms with Crippen molar-refractivity contribution in [3.63, 3.8) is 0 Å². The van der Waals surface area contributed by atoms with Crippen LogP contribution in [0.2, 0.25) is 0 Å². The Morgan fingerprint density at radius 3 is 2.32 bits per heavy atom. The zero-order valence-corrected chi connectivity index (χ0v) is 17.7. The van der Waals surface area contributed by atoms with Crippen molar-refractivity contribution in [2.75, 3.05) is 26.2 Å². The molecule has 1 aliphatic heterocycles. The number of carbonyl (C=O) groups excluding carboxylic acids is 1. The van der Waals surface area contributed by atoms with E-state index in [0.717, 1.165) is 50.8 Å². The molecular formula is C22H32N2O3S. The fraction of sp³-hybridized carbons (Fsp3) is 0.591. The van der Waals surface area contributed by atoms with Crippen molar-refractivity contribution >= 4 is 22.0 Å². The van der Waals surface area contributed by atoms with Crippen molar-refractivity contribution in [3.8, 4) is 0 Å². The minimum atomic E-state index is -3.43. The number of hydrogen-bond donors (Lipinski definition) is 0. The normalized spacial score (nSPS) is 18.9. The van der Waals surface area contributed by atoms with E-state index in [2.05, 4.69) is 6.92 Å². The fourth-order valence-electron chi connectivity index (χ4n) is 3.63. The molecule has 1 amide bonds. The molecule has 0 spiro atoms. The van der Waals surface area contributed by atoms with E-state index in [-0.39, 0.29) is 5.91 Å². The molecule has 2 fully saturated rings. The van der Waals surface area contributed by atoms with E-state index in [0.29, 0.717) is 23.9 Å². The molecule has 1 aromatic rings. The van der Waals surface area contributed by atoms with Crippen LogP contribution in [0.15, 0.2) is 35.2 Å². The number of rotatable bonds is 8. The lowest BCUT2D eigenvalue weighted by atomic mass is 10.2. The number of nitrogens with zero attached hydrogens (tertiary/aromatic N) is 2. The third-order valence-corrected chi connectivity index (χ3v) is 7.39.